The third kappa shape index (κ3) is 6.38. The van der Waals surface area contributed by atoms with Crippen LogP contribution in [-0.4, -0.2) is 15.7 Å². The number of nitrogens with one attached hydrogen (secondary N) is 2. The highest BCUT2D eigenvalue weighted by Gasteiger charge is 2.23. The molecule has 1 aromatic heterocycles. The molecule has 0 spiro atoms. The van der Waals surface area contributed by atoms with Crippen molar-refractivity contribution in [2.45, 2.75) is 0 Å². The number of allylic oxidation sites excluding steroid dienone is 1. The molecule has 0 fully saturated rings. The summed E-state index contributed by atoms with van der Waals surface area (Å²) in [6.45, 7) is 0. The minimum absolute atomic E-state index is 0.103. The molecule has 6 aromatic carbocycles. The lowest BCUT2D eigenvalue weighted by atomic mass is 9.88. The van der Waals surface area contributed by atoms with Crippen LogP contribution in [0.1, 0.15) is 22.3 Å². The average Bonchev–Trinajstić information content (AvgIpc) is 3.22. The Labute approximate surface area is 297 Å². The molecular formula is C46H31N5. The van der Waals surface area contributed by atoms with E-state index in [4.69, 9.17) is 15.4 Å². The number of hydrogen-bond donors (Lipinski definition) is 2. The Balaban J connectivity index is 1.22. The van der Waals surface area contributed by atoms with Crippen LogP contribution in [0.2, 0.25) is 0 Å². The third-order valence-electron chi connectivity index (χ3n) is 8.98. The molecule has 0 aliphatic carbocycles. The summed E-state index contributed by atoms with van der Waals surface area (Å²) in [6, 6.07) is 59.0. The number of nitriles is 1. The van der Waals surface area contributed by atoms with Gasteiger partial charge in [-0.1, -0.05) is 158 Å². The van der Waals surface area contributed by atoms with Gasteiger partial charge in [0, 0.05) is 33.5 Å². The summed E-state index contributed by atoms with van der Waals surface area (Å²) in [5.74, 6) is 0.678. The molecule has 1 aliphatic heterocycles. The average molecular weight is 654 g/mol. The topological polar surface area (TPSA) is 85.5 Å². The van der Waals surface area contributed by atoms with E-state index < -0.39 is 0 Å². The molecule has 5 heteroatoms. The van der Waals surface area contributed by atoms with Crippen LogP contribution in [0.25, 0.3) is 68.1 Å². The van der Waals surface area contributed by atoms with Crippen LogP contribution < -0.4 is 5.32 Å². The highest BCUT2D eigenvalue weighted by molar-refractivity contribution is 6.36. The van der Waals surface area contributed by atoms with Crippen LogP contribution in [-0.2, 0) is 0 Å². The van der Waals surface area contributed by atoms with Gasteiger partial charge in [0.15, 0.2) is 5.82 Å². The molecule has 2 heterocycles. The molecule has 0 amide bonds. The first-order chi connectivity index (χ1) is 25.1. The number of fused-ring (bicyclic) bond motifs is 1. The Bertz CT molecular complexity index is 2420. The maximum Gasteiger partial charge on any atom is 0.160 e. The fraction of sp³-hybridized carbons (Fsp3) is 0. The zero-order valence-electron chi connectivity index (χ0n) is 27.6. The van der Waals surface area contributed by atoms with E-state index in [-0.39, 0.29) is 5.71 Å². The first-order valence-electron chi connectivity index (χ1n) is 16.7. The van der Waals surface area contributed by atoms with Crippen LogP contribution in [0, 0.1) is 16.7 Å². The summed E-state index contributed by atoms with van der Waals surface area (Å²) >= 11 is 0. The smallest absolute Gasteiger partial charge is 0.160 e. The molecule has 0 saturated carbocycles. The molecule has 0 unspecified atom stereocenters. The fourth-order valence-electron chi connectivity index (χ4n) is 6.42. The minimum Gasteiger partial charge on any atom is -0.354 e. The van der Waals surface area contributed by atoms with Gasteiger partial charge in [0.2, 0.25) is 0 Å². The summed E-state index contributed by atoms with van der Waals surface area (Å²) < 4.78 is 0. The molecule has 1 aliphatic rings. The van der Waals surface area contributed by atoms with E-state index in [0.717, 1.165) is 72.9 Å². The van der Waals surface area contributed by atoms with E-state index in [1.165, 1.54) is 0 Å². The van der Waals surface area contributed by atoms with Gasteiger partial charge in [-0.15, -0.1) is 0 Å². The summed E-state index contributed by atoms with van der Waals surface area (Å²) in [5.41, 5.74) is 12.6. The van der Waals surface area contributed by atoms with Crippen LogP contribution in [0.4, 0.5) is 0 Å². The summed E-state index contributed by atoms with van der Waals surface area (Å²) in [4.78, 5) is 9.93. The van der Waals surface area contributed by atoms with Crippen molar-refractivity contribution in [2.24, 2.45) is 0 Å². The maximum absolute atomic E-state index is 9.98. The molecule has 8 rings (SSSR count). The number of hydrogen-bond acceptors (Lipinski definition) is 5. The number of nitrogens with zero attached hydrogens (tertiary/aromatic N) is 3. The van der Waals surface area contributed by atoms with E-state index in [1.54, 1.807) is 0 Å². The predicted octanol–water partition coefficient (Wildman–Crippen LogP) is 10.7. The van der Waals surface area contributed by atoms with Crippen molar-refractivity contribution in [2.75, 3.05) is 0 Å². The molecule has 240 valence electrons. The van der Waals surface area contributed by atoms with Gasteiger partial charge in [0.25, 0.3) is 0 Å². The fourth-order valence-corrected chi connectivity index (χ4v) is 6.42. The standard InChI is InChI=1S/C46H31N5/c47-30-40(48)44(35-17-9-3-10-18-35)45-39-27-37(25-26-38(39)28-41(49-45)32-13-5-1-6-14-32)31-21-23-34(24-22-31)43-29-42(33-15-7-2-8-16-33)50-46(51-43)36-19-11-4-12-20-36/h1-29,48-49H/b45-44-,48-40?. The molecule has 0 saturated heterocycles. The van der Waals surface area contributed by atoms with Crippen molar-refractivity contribution in [3.63, 3.8) is 0 Å². The van der Waals surface area contributed by atoms with E-state index >= 15 is 0 Å². The SMILES string of the molecule is N#CC(=N)/C(=C1\NC(c2ccccc2)=Cc2ccc(-c3ccc(-c4cc(-c5ccccc5)nc(-c5ccccc5)n4)cc3)cc21)c1ccccc1. The molecule has 0 bridgehead atoms. The van der Waals surface area contributed by atoms with Gasteiger partial charge >= 0.3 is 0 Å². The molecule has 0 radical (unpaired) electrons. The van der Waals surface area contributed by atoms with Crippen molar-refractivity contribution in [3.05, 3.63) is 192 Å². The van der Waals surface area contributed by atoms with E-state index in [2.05, 4.69) is 84.2 Å². The van der Waals surface area contributed by atoms with Crippen LogP contribution in [0.5, 0.6) is 0 Å². The minimum atomic E-state index is -0.103. The van der Waals surface area contributed by atoms with Gasteiger partial charge < -0.3 is 5.32 Å². The lowest BCUT2D eigenvalue weighted by Crippen LogP contribution is -2.19. The van der Waals surface area contributed by atoms with E-state index in [0.29, 0.717) is 11.4 Å². The monoisotopic (exact) mass is 653 g/mol. The number of rotatable bonds is 7. The van der Waals surface area contributed by atoms with Gasteiger partial charge in [0.05, 0.1) is 17.1 Å². The van der Waals surface area contributed by atoms with Crippen LogP contribution in [0.3, 0.4) is 0 Å². The Morgan fingerprint density at radius 2 is 1.04 bits per heavy atom. The second-order valence-electron chi connectivity index (χ2n) is 12.2. The third-order valence-corrected chi connectivity index (χ3v) is 8.98. The second kappa shape index (κ2) is 13.8. The summed E-state index contributed by atoms with van der Waals surface area (Å²) in [5, 5.41) is 22.4. The maximum atomic E-state index is 9.98. The largest absolute Gasteiger partial charge is 0.354 e. The molecule has 2 N–H and O–H groups in total. The van der Waals surface area contributed by atoms with Crippen LogP contribution in [0.15, 0.2) is 170 Å². The quantitative estimate of drug-likeness (QED) is 0.168. The Hall–Kier alpha value is -7.16. The lowest BCUT2D eigenvalue weighted by molar-refractivity contribution is 1.18. The number of benzene rings is 6. The lowest BCUT2D eigenvalue weighted by Gasteiger charge is -2.26. The predicted molar refractivity (Wildman–Crippen MR) is 208 cm³/mol. The summed E-state index contributed by atoms with van der Waals surface area (Å²) in [6.07, 6.45) is 2.13. The van der Waals surface area contributed by atoms with Gasteiger partial charge in [-0.2, -0.15) is 5.26 Å². The van der Waals surface area contributed by atoms with E-state index in [9.17, 15) is 5.26 Å². The zero-order valence-corrected chi connectivity index (χ0v) is 27.6. The molecule has 51 heavy (non-hydrogen) atoms. The first kappa shape index (κ1) is 31.1. The van der Waals surface area contributed by atoms with Crippen molar-refractivity contribution >= 4 is 28.8 Å². The van der Waals surface area contributed by atoms with Crippen LogP contribution >= 0.6 is 0 Å². The molecule has 5 nitrogen and oxygen atoms in total. The second-order valence-corrected chi connectivity index (χ2v) is 12.2. The van der Waals surface area contributed by atoms with Gasteiger partial charge in [-0.25, -0.2) is 9.97 Å². The molecule has 7 aromatic rings. The zero-order chi connectivity index (χ0) is 34.6. The van der Waals surface area contributed by atoms with Crippen molar-refractivity contribution in [3.8, 4) is 51.1 Å². The van der Waals surface area contributed by atoms with Gasteiger partial charge in [-0.05, 0) is 46.0 Å². The molecule has 0 atom stereocenters. The van der Waals surface area contributed by atoms with E-state index in [1.807, 2.05) is 103 Å². The van der Waals surface area contributed by atoms with Crippen molar-refractivity contribution in [1.82, 2.24) is 15.3 Å². The Kier molecular flexibility index (Phi) is 8.40. The summed E-state index contributed by atoms with van der Waals surface area (Å²) in [7, 11) is 0. The Morgan fingerprint density at radius 1 is 0.529 bits per heavy atom. The first-order valence-corrected chi connectivity index (χ1v) is 16.7. The van der Waals surface area contributed by atoms with Gasteiger partial charge in [0.1, 0.15) is 11.8 Å². The normalized spacial score (nSPS) is 12.9. The number of aromatic nitrogens is 2. The highest BCUT2D eigenvalue weighted by Crippen LogP contribution is 2.38. The molecular weight excluding hydrogens is 623 g/mol. The van der Waals surface area contributed by atoms with Gasteiger partial charge in [-0.3, -0.25) is 5.41 Å². The van der Waals surface area contributed by atoms with Crippen molar-refractivity contribution < 1.29 is 0 Å². The Morgan fingerprint density at radius 3 is 1.65 bits per heavy atom. The van der Waals surface area contributed by atoms with Crippen molar-refractivity contribution in [1.29, 1.82) is 10.7 Å². The highest BCUT2D eigenvalue weighted by atomic mass is 14.9.